The number of imidazole rings is 1. The van der Waals surface area contributed by atoms with Crippen LogP contribution < -0.4 is 0 Å². The van der Waals surface area contributed by atoms with Crippen LogP contribution in [-0.2, 0) is 13.0 Å². The van der Waals surface area contributed by atoms with Gasteiger partial charge in [-0.15, -0.1) is 11.6 Å². The molecule has 0 saturated carbocycles. The maximum atomic E-state index is 5.93. The SMILES string of the molecule is Cc1ccnc2c1nc(CCCl)n2CC1CCN(C)C1. The first-order valence-electron chi connectivity index (χ1n) is 7.24. The van der Waals surface area contributed by atoms with Crippen LogP contribution >= 0.6 is 11.6 Å². The molecule has 4 nitrogen and oxygen atoms in total. The van der Waals surface area contributed by atoms with Crippen molar-refractivity contribution in [3.63, 3.8) is 0 Å². The van der Waals surface area contributed by atoms with E-state index in [0.717, 1.165) is 36.5 Å². The van der Waals surface area contributed by atoms with Gasteiger partial charge in [0.05, 0.1) is 0 Å². The number of likely N-dealkylation sites (tertiary alicyclic amines) is 1. The largest absolute Gasteiger partial charge is 0.312 e. The molecule has 1 aliphatic rings. The Morgan fingerprint density at radius 2 is 2.30 bits per heavy atom. The molecule has 3 rings (SSSR count). The van der Waals surface area contributed by atoms with Crippen LogP contribution in [0.5, 0.6) is 0 Å². The van der Waals surface area contributed by atoms with Gasteiger partial charge in [0.15, 0.2) is 5.65 Å². The molecule has 0 amide bonds. The van der Waals surface area contributed by atoms with Crippen LogP contribution in [0.2, 0.25) is 0 Å². The Balaban J connectivity index is 1.98. The van der Waals surface area contributed by atoms with E-state index in [4.69, 9.17) is 16.6 Å². The minimum Gasteiger partial charge on any atom is -0.312 e. The molecular formula is C15H21ClN4. The van der Waals surface area contributed by atoms with Crippen molar-refractivity contribution in [2.75, 3.05) is 26.0 Å². The lowest BCUT2D eigenvalue weighted by Gasteiger charge is -2.14. The Labute approximate surface area is 124 Å². The maximum absolute atomic E-state index is 5.93. The Morgan fingerprint density at radius 1 is 1.45 bits per heavy atom. The van der Waals surface area contributed by atoms with Gasteiger partial charge in [-0.05, 0) is 44.5 Å². The summed E-state index contributed by atoms with van der Waals surface area (Å²) in [6.45, 7) is 5.44. The predicted octanol–water partition coefficient (Wildman–Crippen LogP) is 2.47. The number of fused-ring (bicyclic) bond motifs is 1. The molecule has 1 unspecified atom stereocenters. The number of aryl methyl sites for hydroxylation is 2. The third kappa shape index (κ3) is 2.54. The molecule has 2 aromatic heterocycles. The second-order valence-electron chi connectivity index (χ2n) is 5.79. The van der Waals surface area contributed by atoms with Crippen LogP contribution in [0.25, 0.3) is 11.2 Å². The molecule has 1 atom stereocenters. The van der Waals surface area contributed by atoms with Crippen molar-refractivity contribution in [2.45, 2.75) is 26.3 Å². The second kappa shape index (κ2) is 5.70. The molecule has 1 saturated heterocycles. The van der Waals surface area contributed by atoms with Gasteiger partial charge < -0.3 is 9.47 Å². The van der Waals surface area contributed by atoms with E-state index in [9.17, 15) is 0 Å². The van der Waals surface area contributed by atoms with E-state index in [1.54, 1.807) is 0 Å². The Kier molecular flexibility index (Phi) is 3.94. The highest BCUT2D eigenvalue weighted by molar-refractivity contribution is 6.17. The fraction of sp³-hybridized carbons (Fsp3) is 0.600. The van der Waals surface area contributed by atoms with Gasteiger partial charge in [-0.3, -0.25) is 0 Å². The summed E-state index contributed by atoms with van der Waals surface area (Å²) in [4.78, 5) is 11.7. The molecule has 108 valence electrons. The zero-order valence-electron chi connectivity index (χ0n) is 12.1. The van der Waals surface area contributed by atoms with Gasteiger partial charge in [0.1, 0.15) is 11.3 Å². The van der Waals surface area contributed by atoms with Crippen molar-refractivity contribution >= 4 is 22.8 Å². The number of hydrogen-bond donors (Lipinski definition) is 0. The zero-order valence-corrected chi connectivity index (χ0v) is 12.9. The maximum Gasteiger partial charge on any atom is 0.160 e. The number of halogens is 1. The molecule has 0 spiro atoms. The van der Waals surface area contributed by atoms with Crippen LogP contribution in [0.4, 0.5) is 0 Å². The van der Waals surface area contributed by atoms with Crippen LogP contribution in [-0.4, -0.2) is 45.5 Å². The van der Waals surface area contributed by atoms with Gasteiger partial charge in [-0.2, -0.15) is 0 Å². The van der Waals surface area contributed by atoms with Crippen molar-refractivity contribution in [1.29, 1.82) is 0 Å². The lowest BCUT2D eigenvalue weighted by molar-refractivity contribution is 0.377. The summed E-state index contributed by atoms with van der Waals surface area (Å²) in [6, 6.07) is 2.02. The standard InChI is InChI=1S/C15H21ClN4/c1-11-4-7-17-15-14(11)18-13(3-6-16)20(15)10-12-5-8-19(2)9-12/h4,7,12H,3,5-6,8-10H2,1-2H3. The molecule has 0 N–H and O–H groups in total. The highest BCUT2D eigenvalue weighted by atomic mass is 35.5. The van der Waals surface area contributed by atoms with Crippen LogP contribution in [0.3, 0.4) is 0 Å². The summed E-state index contributed by atoms with van der Waals surface area (Å²) in [5.74, 6) is 2.37. The third-order valence-corrected chi connectivity index (χ3v) is 4.35. The van der Waals surface area contributed by atoms with E-state index in [0.29, 0.717) is 11.8 Å². The fourth-order valence-electron chi connectivity index (χ4n) is 3.08. The Hall–Kier alpha value is -1.13. The quantitative estimate of drug-likeness (QED) is 0.812. The monoisotopic (exact) mass is 292 g/mol. The molecule has 0 bridgehead atoms. The zero-order chi connectivity index (χ0) is 14.1. The molecule has 0 aromatic carbocycles. The summed E-state index contributed by atoms with van der Waals surface area (Å²) >= 11 is 5.93. The average molecular weight is 293 g/mol. The molecular weight excluding hydrogens is 272 g/mol. The normalized spacial score (nSPS) is 20.1. The van der Waals surface area contributed by atoms with Crippen LogP contribution in [0.15, 0.2) is 12.3 Å². The van der Waals surface area contributed by atoms with Crippen molar-refractivity contribution in [3.05, 3.63) is 23.7 Å². The summed E-state index contributed by atoms with van der Waals surface area (Å²) in [7, 11) is 2.19. The number of nitrogens with zero attached hydrogens (tertiary/aromatic N) is 4. The molecule has 1 aliphatic heterocycles. The molecule has 5 heteroatoms. The van der Waals surface area contributed by atoms with Gasteiger partial charge >= 0.3 is 0 Å². The molecule has 0 radical (unpaired) electrons. The number of hydrogen-bond acceptors (Lipinski definition) is 3. The first-order valence-corrected chi connectivity index (χ1v) is 7.77. The van der Waals surface area contributed by atoms with Crippen molar-refractivity contribution in [2.24, 2.45) is 5.92 Å². The first kappa shape index (κ1) is 13.8. The summed E-state index contributed by atoms with van der Waals surface area (Å²) < 4.78 is 2.29. The molecule has 0 aliphatic carbocycles. The average Bonchev–Trinajstić information content (AvgIpc) is 2.97. The van der Waals surface area contributed by atoms with E-state index in [1.165, 1.54) is 18.5 Å². The lowest BCUT2D eigenvalue weighted by Crippen LogP contribution is -2.18. The van der Waals surface area contributed by atoms with Gasteiger partial charge in [0, 0.05) is 31.6 Å². The van der Waals surface area contributed by atoms with Gasteiger partial charge in [0.2, 0.25) is 0 Å². The highest BCUT2D eigenvalue weighted by Gasteiger charge is 2.22. The van der Waals surface area contributed by atoms with Crippen molar-refractivity contribution < 1.29 is 0 Å². The number of pyridine rings is 1. The smallest absolute Gasteiger partial charge is 0.160 e. The van der Waals surface area contributed by atoms with E-state index in [-0.39, 0.29) is 0 Å². The first-order chi connectivity index (χ1) is 9.69. The summed E-state index contributed by atoms with van der Waals surface area (Å²) in [5.41, 5.74) is 3.23. The fourth-order valence-corrected chi connectivity index (χ4v) is 3.25. The topological polar surface area (TPSA) is 34.0 Å². The molecule has 2 aromatic rings. The molecule has 1 fully saturated rings. The van der Waals surface area contributed by atoms with E-state index < -0.39 is 0 Å². The van der Waals surface area contributed by atoms with Gasteiger partial charge in [0.25, 0.3) is 0 Å². The number of aromatic nitrogens is 3. The van der Waals surface area contributed by atoms with Crippen molar-refractivity contribution in [3.8, 4) is 0 Å². The van der Waals surface area contributed by atoms with E-state index in [2.05, 4.69) is 28.4 Å². The third-order valence-electron chi connectivity index (χ3n) is 4.16. The van der Waals surface area contributed by atoms with Crippen LogP contribution in [0.1, 0.15) is 17.8 Å². The molecule has 20 heavy (non-hydrogen) atoms. The Morgan fingerprint density at radius 3 is 3.00 bits per heavy atom. The minimum atomic E-state index is 0.604. The van der Waals surface area contributed by atoms with Gasteiger partial charge in [-0.25, -0.2) is 9.97 Å². The number of alkyl halides is 1. The van der Waals surface area contributed by atoms with E-state index >= 15 is 0 Å². The van der Waals surface area contributed by atoms with Crippen molar-refractivity contribution in [1.82, 2.24) is 19.4 Å². The lowest BCUT2D eigenvalue weighted by atomic mass is 10.1. The second-order valence-corrected chi connectivity index (χ2v) is 6.17. The van der Waals surface area contributed by atoms with Crippen LogP contribution in [0, 0.1) is 12.8 Å². The summed E-state index contributed by atoms with van der Waals surface area (Å²) in [5, 5.41) is 0. The summed E-state index contributed by atoms with van der Waals surface area (Å²) in [6.07, 6.45) is 3.93. The highest BCUT2D eigenvalue weighted by Crippen LogP contribution is 2.23. The number of rotatable bonds is 4. The van der Waals surface area contributed by atoms with E-state index in [1.807, 2.05) is 12.3 Å². The van der Waals surface area contributed by atoms with Gasteiger partial charge in [-0.1, -0.05) is 0 Å². The Bertz CT molecular complexity index is 607. The molecule has 3 heterocycles. The minimum absolute atomic E-state index is 0.604. The predicted molar refractivity (Wildman–Crippen MR) is 82.3 cm³/mol.